The first kappa shape index (κ1) is 39.8. The van der Waals surface area contributed by atoms with E-state index in [-0.39, 0.29) is 39.3 Å². The smallest absolute Gasteiger partial charge is 0.251 e. The van der Waals surface area contributed by atoms with Crippen LogP contribution in [-0.4, -0.2) is 93.0 Å². The van der Waals surface area contributed by atoms with Crippen LogP contribution < -0.4 is 42.2 Å². The van der Waals surface area contributed by atoms with Gasteiger partial charge in [-0.25, -0.2) is 0 Å². The number of fused-ring (bicyclic) bond motifs is 5. The summed E-state index contributed by atoms with van der Waals surface area (Å²) in [5.74, 6) is -2.20. The lowest BCUT2D eigenvalue weighted by atomic mass is 9.93. The second kappa shape index (κ2) is 18.5. The molecule has 0 unspecified atom stereocenters. The van der Waals surface area contributed by atoms with Crippen molar-refractivity contribution in [2.45, 2.75) is 45.3 Å². The minimum Gasteiger partial charge on any atom is -0.492 e. The van der Waals surface area contributed by atoms with Crippen LogP contribution in [0, 0.1) is 25.2 Å². The van der Waals surface area contributed by atoms with Crippen LogP contribution in [0.2, 0.25) is 0 Å². The van der Waals surface area contributed by atoms with E-state index in [2.05, 4.69) is 21.3 Å². The van der Waals surface area contributed by atoms with Crippen molar-refractivity contribution in [1.82, 2.24) is 26.2 Å². The maximum atomic E-state index is 14.2. The molecule has 15 heteroatoms. The van der Waals surface area contributed by atoms with Crippen molar-refractivity contribution in [1.29, 1.82) is 5.26 Å². The average molecular weight is 727 g/mol. The first-order valence-corrected chi connectivity index (χ1v) is 17.2. The Hall–Kier alpha value is -5.98. The molecule has 4 rings (SSSR count). The van der Waals surface area contributed by atoms with Crippen molar-refractivity contribution in [2.75, 3.05) is 46.4 Å². The van der Waals surface area contributed by atoms with Crippen LogP contribution in [0.25, 0.3) is 11.1 Å². The summed E-state index contributed by atoms with van der Waals surface area (Å²) in [6, 6.07) is 13.8. The number of likely N-dealkylation sites (N-methyl/N-ethyl adjacent to an activating group) is 1. The predicted molar refractivity (Wildman–Crippen MR) is 197 cm³/mol. The van der Waals surface area contributed by atoms with E-state index in [4.69, 9.17) is 26.2 Å². The third-order valence-electron chi connectivity index (χ3n) is 8.63. The molecule has 3 aromatic carbocycles. The number of hydrogen-bond donors (Lipinski definition) is 6. The Morgan fingerprint density at radius 3 is 2.21 bits per heavy atom. The zero-order valence-corrected chi connectivity index (χ0v) is 30.3. The molecule has 3 aromatic rings. The van der Waals surface area contributed by atoms with E-state index in [1.54, 1.807) is 55.5 Å². The van der Waals surface area contributed by atoms with E-state index in [0.29, 0.717) is 39.3 Å². The number of amides is 5. The minimum absolute atomic E-state index is 0.0280. The molecule has 280 valence electrons. The van der Waals surface area contributed by atoms with Crippen LogP contribution in [-0.2, 0) is 25.6 Å². The monoisotopic (exact) mass is 726 g/mol. The van der Waals surface area contributed by atoms with Gasteiger partial charge in [0.15, 0.2) is 0 Å². The predicted octanol–water partition coefficient (Wildman–Crippen LogP) is 0.760. The number of aryl methyl sites for hydroxylation is 2. The molecule has 0 fully saturated rings. The van der Waals surface area contributed by atoms with Crippen molar-refractivity contribution in [3.8, 4) is 28.7 Å². The minimum atomic E-state index is -1.30. The van der Waals surface area contributed by atoms with Gasteiger partial charge in [-0.3, -0.25) is 24.0 Å². The highest BCUT2D eigenvalue weighted by molar-refractivity contribution is 5.99. The number of nitrogens with zero attached hydrogens (tertiary/aromatic N) is 2. The highest BCUT2D eigenvalue weighted by Crippen LogP contribution is 2.40. The van der Waals surface area contributed by atoms with Gasteiger partial charge in [-0.1, -0.05) is 29.8 Å². The standard InChI is InChI=1S/C38H46N8O7/c1-22-5-8-27(23(2)17-22)36(49)43-21-33(47)46(4)34-26-7-10-32(53-16-13-41)29(20-26)28-18-25(6-9-31(28)52-15-12-40)19-30(37(50)42-14-11-39)45-35(48)24(3)44-38(34)51/h5-10,17-18,20,24,30,34H,12-16,19,21,40-41H2,1-4H3,(H,42,50)(H,43,49)(H,44,51)(H,45,48)/t24-,30-,34-/m0/s1. The molecule has 5 amide bonds. The Labute approximate surface area is 308 Å². The highest BCUT2D eigenvalue weighted by Gasteiger charge is 2.33. The fraction of sp³-hybridized carbons (Fsp3) is 0.368. The third-order valence-corrected chi connectivity index (χ3v) is 8.63. The zero-order chi connectivity index (χ0) is 38.7. The summed E-state index contributed by atoms with van der Waals surface area (Å²) < 4.78 is 12.1. The number of nitrogens with one attached hydrogen (secondary N) is 4. The summed E-state index contributed by atoms with van der Waals surface area (Å²) in [4.78, 5) is 68.7. The molecule has 0 aromatic heterocycles. The molecule has 0 spiro atoms. The van der Waals surface area contributed by atoms with Crippen LogP contribution in [0.15, 0.2) is 54.6 Å². The van der Waals surface area contributed by atoms with Crippen molar-refractivity contribution in [2.24, 2.45) is 11.5 Å². The highest BCUT2D eigenvalue weighted by atomic mass is 16.5. The van der Waals surface area contributed by atoms with Gasteiger partial charge in [0, 0.05) is 43.2 Å². The van der Waals surface area contributed by atoms with Crippen LogP contribution >= 0.6 is 0 Å². The summed E-state index contributed by atoms with van der Waals surface area (Å²) in [7, 11) is 1.42. The van der Waals surface area contributed by atoms with E-state index >= 15 is 0 Å². The number of nitrogens with two attached hydrogens (primary N) is 2. The summed E-state index contributed by atoms with van der Waals surface area (Å²) in [5.41, 5.74) is 15.7. The average Bonchev–Trinajstić information content (AvgIpc) is 3.13. The Bertz CT molecular complexity index is 1890. The molecule has 1 aliphatic rings. The molecule has 53 heavy (non-hydrogen) atoms. The number of carbonyl (C=O) groups is 5. The quantitative estimate of drug-likeness (QED) is 0.144. The molecule has 0 saturated heterocycles. The summed E-state index contributed by atoms with van der Waals surface area (Å²) in [6.45, 7) is 5.23. The fourth-order valence-electron chi connectivity index (χ4n) is 5.92. The van der Waals surface area contributed by atoms with Gasteiger partial charge in [-0.05, 0) is 67.8 Å². The van der Waals surface area contributed by atoms with E-state index in [9.17, 15) is 24.0 Å². The number of hydrogen-bond acceptors (Lipinski definition) is 10. The molecular weight excluding hydrogens is 680 g/mol. The first-order valence-electron chi connectivity index (χ1n) is 17.2. The molecule has 1 heterocycles. The van der Waals surface area contributed by atoms with Crippen molar-refractivity contribution >= 4 is 29.5 Å². The van der Waals surface area contributed by atoms with Gasteiger partial charge in [-0.2, -0.15) is 5.26 Å². The largest absolute Gasteiger partial charge is 0.492 e. The van der Waals surface area contributed by atoms with Gasteiger partial charge in [-0.15, -0.1) is 0 Å². The molecule has 4 bridgehead atoms. The number of rotatable bonds is 12. The van der Waals surface area contributed by atoms with E-state index in [1.807, 2.05) is 19.1 Å². The van der Waals surface area contributed by atoms with E-state index in [1.165, 1.54) is 18.9 Å². The molecule has 1 aliphatic heterocycles. The molecule has 0 aliphatic carbocycles. The van der Waals surface area contributed by atoms with Gasteiger partial charge < -0.3 is 47.1 Å². The fourth-order valence-corrected chi connectivity index (χ4v) is 5.92. The number of carbonyl (C=O) groups excluding carboxylic acids is 5. The van der Waals surface area contributed by atoms with Crippen molar-refractivity contribution < 1.29 is 33.4 Å². The third kappa shape index (κ3) is 10.1. The van der Waals surface area contributed by atoms with Crippen LogP contribution in [0.4, 0.5) is 0 Å². The second-order valence-corrected chi connectivity index (χ2v) is 12.6. The van der Waals surface area contributed by atoms with E-state index in [0.717, 1.165) is 11.1 Å². The van der Waals surface area contributed by atoms with Gasteiger partial charge in [0.1, 0.15) is 49.4 Å². The number of benzene rings is 3. The lowest BCUT2D eigenvalue weighted by Gasteiger charge is -2.30. The van der Waals surface area contributed by atoms with E-state index < -0.39 is 54.2 Å². The SMILES string of the molecule is Cc1ccc(C(=O)NCC(=O)N(C)[C@@H]2C(=O)N[C@@H](C)C(=O)N[C@H](C(=O)NCC#N)Cc3ccc(OCCN)c(c3)-c3cc2ccc3OCCN)c(C)c1. The normalized spacial score (nSPS) is 16.9. The van der Waals surface area contributed by atoms with Gasteiger partial charge in [0.25, 0.3) is 5.91 Å². The topological polar surface area (TPSA) is 231 Å². The van der Waals surface area contributed by atoms with Crippen LogP contribution in [0.3, 0.4) is 0 Å². The first-order chi connectivity index (χ1) is 25.4. The van der Waals surface area contributed by atoms with Crippen LogP contribution in [0.1, 0.15) is 45.6 Å². The molecule has 0 radical (unpaired) electrons. The zero-order valence-electron chi connectivity index (χ0n) is 30.3. The maximum absolute atomic E-state index is 14.2. The maximum Gasteiger partial charge on any atom is 0.251 e. The molecule has 3 atom stereocenters. The summed E-state index contributed by atoms with van der Waals surface area (Å²) in [5, 5.41) is 19.6. The molecule has 8 N–H and O–H groups in total. The lowest BCUT2D eigenvalue weighted by Crippen LogP contribution is -2.55. The van der Waals surface area contributed by atoms with Crippen LogP contribution in [0.5, 0.6) is 11.5 Å². The Balaban J connectivity index is 1.83. The van der Waals surface area contributed by atoms with Gasteiger partial charge in [0.05, 0.1) is 12.6 Å². The number of nitriles is 1. The molecule has 0 saturated carbocycles. The molecular formula is C38H46N8O7. The second-order valence-electron chi connectivity index (χ2n) is 12.6. The van der Waals surface area contributed by atoms with Crippen molar-refractivity contribution in [3.63, 3.8) is 0 Å². The van der Waals surface area contributed by atoms with Gasteiger partial charge in [0.2, 0.25) is 23.6 Å². The Morgan fingerprint density at radius 1 is 0.906 bits per heavy atom. The summed E-state index contributed by atoms with van der Waals surface area (Å²) >= 11 is 0. The number of ether oxygens (including phenoxy) is 2. The molecule has 15 nitrogen and oxygen atoms in total. The van der Waals surface area contributed by atoms with Gasteiger partial charge >= 0.3 is 0 Å². The summed E-state index contributed by atoms with van der Waals surface area (Å²) in [6.07, 6.45) is 0.0280. The Kier molecular flexibility index (Phi) is 13.9. The Morgan fingerprint density at radius 2 is 1.57 bits per heavy atom. The van der Waals surface area contributed by atoms with Crippen molar-refractivity contribution in [3.05, 3.63) is 82.4 Å². The lowest BCUT2D eigenvalue weighted by molar-refractivity contribution is -0.139.